The van der Waals surface area contributed by atoms with Gasteiger partial charge >= 0.3 is 0 Å². The zero-order chi connectivity index (χ0) is 9.46. The zero-order valence-corrected chi connectivity index (χ0v) is 5.58. The van der Waals surface area contributed by atoms with Crippen LogP contribution in [0, 0.1) is 13.8 Å². The largest absolute Gasteiger partial charge is 0.399 e. The van der Waals surface area contributed by atoms with E-state index in [9.17, 15) is 0 Å². The molecule has 1 aromatic rings. The molecule has 0 unspecified atom stereocenters. The lowest BCUT2D eigenvalue weighted by molar-refractivity contribution is 1.40. The first-order valence-corrected chi connectivity index (χ1v) is 2.79. The molecule has 0 bridgehead atoms. The van der Waals surface area contributed by atoms with Gasteiger partial charge in [-0.25, -0.2) is 0 Å². The Labute approximate surface area is 59.7 Å². The highest BCUT2D eigenvalue weighted by atomic mass is 14.5. The number of nitrogens with two attached hydrogens (primary N) is 1. The van der Waals surface area contributed by atoms with E-state index >= 15 is 0 Å². The van der Waals surface area contributed by atoms with Crippen molar-refractivity contribution in [3.05, 3.63) is 29.3 Å². The van der Waals surface area contributed by atoms with Gasteiger partial charge in [-0.1, -0.05) is 12.1 Å². The molecule has 1 nitrogen and oxygen atoms in total. The molecule has 9 heavy (non-hydrogen) atoms. The second-order valence-corrected chi connectivity index (χ2v) is 2.04. The third-order valence-electron chi connectivity index (χ3n) is 1.16. The molecule has 48 valence electrons. The van der Waals surface area contributed by atoms with Gasteiger partial charge in [-0.3, -0.25) is 0 Å². The molecule has 0 spiro atoms. The maximum atomic E-state index is 7.49. The third kappa shape index (κ3) is 1.22. The van der Waals surface area contributed by atoms with E-state index in [2.05, 4.69) is 0 Å². The lowest BCUT2D eigenvalue weighted by Gasteiger charge is -1.98. The summed E-state index contributed by atoms with van der Waals surface area (Å²) in [6.07, 6.45) is 0. The predicted octanol–water partition coefficient (Wildman–Crippen LogP) is 1.89. The summed E-state index contributed by atoms with van der Waals surface area (Å²) in [6.45, 7) is 3.30. The van der Waals surface area contributed by atoms with Gasteiger partial charge in [-0.2, -0.15) is 0 Å². The fraction of sp³-hybridized carbons (Fsp3) is 0.250. The second-order valence-electron chi connectivity index (χ2n) is 2.04. The number of rotatable bonds is 0. The molecule has 2 N–H and O–H groups in total. The Morgan fingerprint density at radius 1 is 1.44 bits per heavy atom. The first-order chi connectivity index (χ1) is 5.46. The molecular formula is C8H11N. The molecular weight excluding hydrogens is 110 g/mol. The van der Waals surface area contributed by atoms with Gasteiger partial charge < -0.3 is 5.73 Å². The van der Waals surface area contributed by atoms with Crippen molar-refractivity contribution < 1.29 is 4.11 Å². The van der Waals surface area contributed by atoms with E-state index in [1.165, 1.54) is 0 Å². The van der Waals surface area contributed by atoms with Gasteiger partial charge in [0, 0.05) is 5.69 Å². The van der Waals surface area contributed by atoms with Crippen molar-refractivity contribution in [3.8, 4) is 0 Å². The van der Waals surface area contributed by atoms with Gasteiger partial charge in [0.05, 0.1) is 4.11 Å². The minimum atomic E-state index is 0.103. The van der Waals surface area contributed by atoms with E-state index in [1.807, 2.05) is 0 Å². The Balaban J connectivity index is 3.60. The summed E-state index contributed by atoms with van der Waals surface area (Å²) >= 11 is 0. The first kappa shape index (κ1) is 3.25. The maximum Gasteiger partial charge on any atom is 0.0647 e. The van der Waals surface area contributed by atoms with Crippen LogP contribution in [0.5, 0.6) is 0 Å². The van der Waals surface area contributed by atoms with Crippen LogP contribution >= 0.6 is 0 Å². The van der Waals surface area contributed by atoms with Crippen molar-refractivity contribution in [2.75, 3.05) is 5.73 Å². The molecule has 0 aliphatic rings. The summed E-state index contributed by atoms with van der Waals surface area (Å²) in [7, 11) is 0. The van der Waals surface area contributed by atoms with Gasteiger partial charge in [0.15, 0.2) is 0 Å². The van der Waals surface area contributed by atoms with Gasteiger partial charge in [0.2, 0.25) is 0 Å². The van der Waals surface area contributed by atoms with Crippen LogP contribution in [-0.2, 0) is 0 Å². The minimum absolute atomic E-state index is 0.103. The molecule has 0 aliphatic carbocycles. The summed E-state index contributed by atoms with van der Waals surface area (Å²) in [6, 6.07) is 0.404. The molecule has 0 radical (unpaired) electrons. The number of anilines is 1. The number of hydrogen-bond acceptors (Lipinski definition) is 1. The van der Waals surface area contributed by atoms with Crippen molar-refractivity contribution >= 4 is 5.69 Å². The molecule has 0 amide bonds. The summed E-state index contributed by atoms with van der Waals surface area (Å²) in [5, 5.41) is 0. The minimum Gasteiger partial charge on any atom is -0.399 e. The van der Waals surface area contributed by atoms with E-state index in [-0.39, 0.29) is 18.1 Å². The Morgan fingerprint density at radius 2 is 2.11 bits per heavy atom. The topological polar surface area (TPSA) is 26.0 Å². The maximum absolute atomic E-state index is 7.49. The monoisotopic (exact) mass is 124 g/mol. The summed E-state index contributed by atoms with van der Waals surface area (Å²) < 4.78 is 22.4. The Morgan fingerprint density at radius 3 is 2.78 bits per heavy atom. The average molecular weight is 124 g/mol. The molecule has 1 heteroatoms. The van der Waals surface area contributed by atoms with Crippen LogP contribution in [0.3, 0.4) is 0 Å². The average Bonchev–Trinajstić information content (AvgIpc) is 2.08. The van der Waals surface area contributed by atoms with Crippen LogP contribution in [0.25, 0.3) is 0 Å². The van der Waals surface area contributed by atoms with E-state index in [4.69, 9.17) is 9.85 Å². The molecule has 1 aromatic carbocycles. The fourth-order valence-electron chi connectivity index (χ4n) is 0.582. The Hall–Kier alpha value is -0.980. The molecule has 0 saturated carbocycles. The van der Waals surface area contributed by atoms with Crippen molar-refractivity contribution in [1.29, 1.82) is 0 Å². The second kappa shape index (κ2) is 2.09. The van der Waals surface area contributed by atoms with E-state index in [1.54, 1.807) is 13.8 Å². The van der Waals surface area contributed by atoms with Crippen LogP contribution in [0.4, 0.5) is 5.69 Å². The van der Waals surface area contributed by atoms with Gasteiger partial charge in [0.1, 0.15) is 0 Å². The highest BCUT2D eigenvalue weighted by Gasteiger charge is 1.89. The van der Waals surface area contributed by atoms with Crippen molar-refractivity contribution in [2.24, 2.45) is 0 Å². The Bertz CT molecular complexity index is 229. The van der Waals surface area contributed by atoms with Crippen molar-refractivity contribution in [3.63, 3.8) is 0 Å². The zero-order valence-electron chi connectivity index (χ0n) is 8.58. The smallest absolute Gasteiger partial charge is 0.0647 e. The molecule has 0 atom stereocenters. The van der Waals surface area contributed by atoms with Crippen LogP contribution in [0.15, 0.2) is 18.1 Å². The highest BCUT2D eigenvalue weighted by molar-refractivity contribution is 5.47. The SMILES string of the molecule is [2H]c1c([2H])c(C)c(N)c([2H])c1C. The van der Waals surface area contributed by atoms with E-state index in [0.717, 1.165) is 0 Å². The van der Waals surface area contributed by atoms with E-state index < -0.39 is 0 Å². The summed E-state index contributed by atoms with van der Waals surface area (Å²) in [5.74, 6) is 0. The van der Waals surface area contributed by atoms with Gasteiger partial charge in [-0.05, 0) is 31.0 Å². The summed E-state index contributed by atoms with van der Waals surface area (Å²) in [4.78, 5) is 0. The van der Waals surface area contributed by atoms with Crippen LogP contribution in [0.1, 0.15) is 15.2 Å². The molecule has 0 heterocycles. The lowest BCUT2D eigenvalue weighted by Crippen LogP contribution is -1.88. The molecule has 0 aliphatic heterocycles. The normalized spacial score (nSPS) is 14.2. The van der Waals surface area contributed by atoms with Crippen LogP contribution in [0.2, 0.25) is 0 Å². The quantitative estimate of drug-likeness (QED) is 0.525. The van der Waals surface area contributed by atoms with Crippen LogP contribution < -0.4 is 5.73 Å². The molecule has 1 rings (SSSR count). The van der Waals surface area contributed by atoms with Gasteiger partial charge in [-0.15, -0.1) is 0 Å². The van der Waals surface area contributed by atoms with Gasteiger partial charge in [0.25, 0.3) is 0 Å². The van der Waals surface area contributed by atoms with E-state index in [0.29, 0.717) is 16.8 Å². The van der Waals surface area contributed by atoms with Crippen molar-refractivity contribution in [2.45, 2.75) is 13.8 Å². The van der Waals surface area contributed by atoms with Crippen molar-refractivity contribution in [1.82, 2.24) is 0 Å². The number of benzene rings is 1. The molecule has 0 fully saturated rings. The molecule has 0 aromatic heterocycles. The fourth-order valence-corrected chi connectivity index (χ4v) is 0.582. The first-order valence-electron chi connectivity index (χ1n) is 4.29. The third-order valence-corrected chi connectivity index (χ3v) is 1.16. The predicted molar refractivity (Wildman–Crippen MR) is 40.3 cm³/mol. The standard InChI is InChI=1S/C8H11N/c1-6-3-4-7(2)8(9)5-6/h3-5H,9H2,1-2H3/i3D,4D,5D. The Kier molecular flexibility index (Phi) is 0.758. The number of hydrogen-bond donors (Lipinski definition) is 1. The number of nitrogen functional groups attached to an aromatic ring is 1. The lowest BCUT2D eigenvalue weighted by atomic mass is 10.1. The molecule has 0 saturated heterocycles. The summed E-state index contributed by atoms with van der Waals surface area (Å²) in [5.41, 5.74) is 6.87. The van der Waals surface area contributed by atoms with Crippen LogP contribution in [-0.4, -0.2) is 0 Å². The highest BCUT2D eigenvalue weighted by Crippen LogP contribution is 2.10.